The average Bonchev–Trinajstić information content (AvgIpc) is 3.30. The van der Waals surface area contributed by atoms with Crippen LogP contribution < -0.4 is 4.74 Å². The van der Waals surface area contributed by atoms with E-state index in [1.54, 1.807) is 53.4 Å². The first-order valence-electron chi connectivity index (χ1n) is 12.4. The third-order valence-electron chi connectivity index (χ3n) is 6.90. The van der Waals surface area contributed by atoms with E-state index in [9.17, 15) is 22.9 Å². The number of benzene rings is 4. The van der Waals surface area contributed by atoms with Crippen molar-refractivity contribution < 1.29 is 22.3 Å². The second-order valence-electron chi connectivity index (χ2n) is 9.43. The van der Waals surface area contributed by atoms with Crippen LogP contribution in [-0.2, 0) is 27.9 Å². The minimum absolute atomic E-state index is 0.0348. The molecule has 39 heavy (non-hydrogen) atoms. The number of nitrogens with zero attached hydrogens (tertiary/aromatic N) is 3. The van der Waals surface area contributed by atoms with E-state index in [1.165, 1.54) is 35.7 Å². The number of sulfonamides is 1. The van der Waals surface area contributed by atoms with E-state index < -0.39 is 21.9 Å². The van der Waals surface area contributed by atoms with Gasteiger partial charge in [0.15, 0.2) is 0 Å². The number of fused-ring (bicyclic) bond motifs is 1. The van der Waals surface area contributed by atoms with Crippen LogP contribution >= 0.6 is 0 Å². The molecule has 198 valence electrons. The Morgan fingerprint density at radius 2 is 1.77 bits per heavy atom. The standard InChI is InChI=1S/C30H26FN3O4S/c1-38-27-10-8-24-9-11-28(17-25(24)16-27)39(36,37)34(20-23-6-3-7-26(31)15-23)29-12-13-33(30(29)35)19-22-5-2-4-21(14-22)18-32/h2-11,14-17,29H,12-13,19-20H2,1H3/t29-/m0/s1. The molecule has 0 saturated carbocycles. The first-order chi connectivity index (χ1) is 18.8. The summed E-state index contributed by atoms with van der Waals surface area (Å²) in [6.45, 7) is 0.448. The molecule has 1 heterocycles. The number of ether oxygens (including phenoxy) is 1. The quantitative estimate of drug-likeness (QED) is 0.317. The van der Waals surface area contributed by atoms with Crippen molar-refractivity contribution in [3.63, 3.8) is 0 Å². The molecule has 1 fully saturated rings. The van der Waals surface area contributed by atoms with E-state index >= 15 is 0 Å². The summed E-state index contributed by atoms with van der Waals surface area (Å²) in [6.07, 6.45) is 0.284. The Balaban J connectivity index is 1.50. The van der Waals surface area contributed by atoms with Gasteiger partial charge in [0.1, 0.15) is 17.6 Å². The van der Waals surface area contributed by atoms with Crippen LogP contribution in [0.2, 0.25) is 0 Å². The van der Waals surface area contributed by atoms with E-state index in [-0.39, 0.29) is 30.3 Å². The van der Waals surface area contributed by atoms with Crippen LogP contribution in [-0.4, -0.2) is 43.2 Å². The molecule has 0 spiro atoms. The van der Waals surface area contributed by atoms with Gasteiger partial charge < -0.3 is 9.64 Å². The fourth-order valence-corrected chi connectivity index (χ4v) is 6.55. The normalized spacial score (nSPS) is 15.6. The van der Waals surface area contributed by atoms with E-state index in [2.05, 4.69) is 6.07 Å². The molecule has 9 heteroatoms. The third kappa shape index (κ3) is 5.48. The minimum Gasteiger partial charge on any atom is -0.497 e. The Kier molecular flexibility index (Phi) is 7.33. The van der Waals surface area contributed by atoms with Crippen LogP contribution in [0.15, 0.2) is 89.8 Å². The maximum Gasteiger partial charge on any atom is 0.244 e. The van der Waals surface area contributed by atoms with Gasteiger partial charge >= 0.3 is 0 Å². The van der Waals surface area contributed by atoms with E-state index in [0.29, 0.717) is 28.8 Å². The Morgan fingerprint density at radius 3 is 2.54 bits per heavy atom. The third-order valence-corrected chi connectivity index (χ3v) is 8.75. The number of hydrogen-bond acceptors (Lipinski definition) is 5. The zero-order valence-corrected chi connectivity index (χ0v) is 22.1. The summed E-state index contributed by atoms with van der Waals surface area (Å²) >= 11 is 0. The molecule has 4 aromatic rings. The Labute approximate surface area is 226 Å². The maximum absolute atomic E-state index is 14.1. The number of halogens is 1. The number of likely N-dealkylation sites (tertiary alicyclic amines) is 1. The van der Waals surface area contributed by atoms with Crippen LogP contribution in [0.25, 0.3) is 10.8 Å². The second-order valence-corrected chi connectivity index (χ2v) is 11.3. The molecule has 1 aliphatic heterocycles. The van der Waals surface area contributed by atoms with Crippen LogP contribution in [0.4, 0.5) is 4.39 Å². The molecule has 4 aromatic carbocycles. The molecule has 0 bridgehead atoms. The maximum atomic E-state index is 14.1. The number of amides is 1. The van der Waals surface area contributed by atoms with Crippen molar-refractivity contribution in [2.24, 2.45) is 0 Å². The van der Waals surface area contributed by atoms with Crippen molar-refractivity contribution in [2.45, 2.75) is 30.4 Å². The fourth-order valence-electron chi connectivity index (χ4n) is 4.91. The smallest absolute Gasteiger partial charge is 0.244 e. The molecule has 1 amide bonds. The largest absolute Gasteiger partial charge is 0.497 e. The highest BCUT2D eigenvalue weighted by atomic mass is 32.2. The number of carbonyl (C=O) groups excluding carboxylic acids is 1. The monoisotopic (exact) mass is 543 g/mol. The number of hydrogen-bond donors (Lipinski definition) is 0. The van der Waals surface area contributed by atoms with Gasteiger partial charge in [-0.1, -0.05) is 36.4 Å². The van der Waals surface area contributed by atoms with E-state index in [4.69, 9.17) is 4.74 Å². The van der Waals surface area contributed by atoms with Crippen LogP contribution in [0.1, 0.15) is 23.1 Å². The molecule has 7 nitrogen and oxygen atoms in total. The van der Waals surface area contributed by atoms with Gasteiger partial charge in [0.2, 0.25) is 15.9 Å². The lowest BCUT2D eigenvalue weighted by atomic mass is 10.1. The SMILES string of the molecule is COc1ccc2ccc(S(=O)(=O)N(Cc3cccc(F)c3)[C@H]3CCN(Cc4cccc(C#N)c4)C3=O)cc2c1. The molecule has 1 saturated heterocycles. The fraction of sp³-hybridized carbons (Fsp3) is 0.200. The van der Waals surface area contributed by atoms with Gasteiger partial charge in [0, 0.05) is 19.6 Å². The van der Waals surface area contributed by atoms with Gasteiger partial charge in [-0.25, -0.2) is 12.8 Å². The lowest BCUT2D eigenvalue weighted by Gasteiger charge is -2.28. The summed E-state index contributed by atoms with van der Waals surface area (Å²) in [6, 6.07) is 24.0. The average molecular weight is 544 g/mol. The summed E-state index contributed by atoms with van der Waals surface area (Å²) in [5.41, 5.74) is 1.71. The Morgan fingerprint density at radius 1 is 1.00 bits per heavy atom. The summed E-state index contributed by atoms with van der Waals surface area (Å²) in [7, 11) is -2.63. The summed E-state index contributed by atoms with van der Waals surface area (Å²) in [4.78, 5) is 15.2. The van der Waals surface area contributed by atoms with Crippen LogP contribution in [0, 0.1) is 17.1 Å². The van der Waals surface area contributed by atoms with Crippen molar-refractivity contribution in [1.82, 2.24) is 9.21 Å². The number of methoxy groups -OCH3 is 1. The number of rotatable bonds is 8. The first kappa shape index (κ1) is 26.4. The molecular formula is C30H26FN3O4S. The highest BCUT2D eigenvalue weighted by molar-refractivity contribution is 7.89. The minimum atomic E-state index is -4.17. The first-order valence-corrected chi connectivity index (χ1v) is 13.8. The lowest BCUT2D eigenvalue weighted by Crippen LogP contribution is -2.44. The molecule has 5 rings (SSSR count). The predicted octanol–water partition coefficient (Wildman–Crippen LogP) is 4.85. The lowest BCUT2D eigenvalue weighted by molar-refractivity contribution is -0.131. The van der Waals surface area contributed by atoms with Crippen molar-refractivity contribution in [1.29, 1.82) is 5.26 Å². The number of nitriles is 1. The van der Waals surface area contributed by atoms with E-state index in [1.807, 2.05) is 12.1 Å². The van der Waals surface area contributed by atoms with Crippen LogP contribution in [0.5, 0.6) is 5.75 Å². The van der Waals surface area contributed by atoms with Gasteiger partial charge in [-0.15, -0.1) is 0 Å². The zero-order valence-electron chi connectivity index (χ0n) is 21.2. The highest BCUT2D eigenvalue weighted by Crippen LogP contribution is 2.30. The molecule has 0 aliphatic carbocycles. The van der Waals surface area contributed by atoms with Gasteiger partial charge in [-0.3, -0.25) is 4.79 Å². The molecular weight excluding hydrogens is 517 g/mol. The molecule has 0 N–H and O–H groups in total. The zero-order chi connectivity index (χ0) is 27.6. The second kappa shape index (κ2) is 10.8. The van der Waals surface area contributed by atoms with Crippen molar-refractivity contribution in [3.8, 4) is 11.8 Å². The highest BCUT2D eigenvalue weighted by Gasteiger charge is 2.42. The Bertz CT molecular complexity index is 1700. The van der Waals surface area contributed by atoms with Gasteiger partial charge in [-0.2, -0.15) is 9.57 Å². The Hall–Kier alpha value is -4.26. The molecule has 0 aromatic heterocycles. The van der Waals surface area contributed by atoms with Gasteiger partial charge in [0.25, 0.3) is 0 Å². The molecule has 0 unspecified atom stereocenters. The van der Waals surface area contributed by atoms with Crippen molar-refractivity contribution in [2.75, 3.05) is 13.7 Å². The van der Waals surface area contributed by atoms with Gasteiger partial charge in [-0.05, 0) is 76.9 Å². The van der Waals surface area contributed by atoms with Crippen molar-refractivity contribution in [3.05, 3.63) is 107 Å². The summed E-state index contributed by atoms with van der Waals surface area (Å²) in [5.74, 6) is -0.227. The van der Waals surface area contributed by atoms with Gasteiger partial charge in [0.05, 0.1) is 23.6 Å². The van der Waals surface area contributed by atoms with Crippen molar-refractivity contribution >= 4 is 26.7 Å². The van der Waals surface area contributed by atoms with Crippen LogP contribution in [0.3, 0.4) is 0 Å². The van der Waals surface area contributed by atoms with E-state index in [0.717, 1.165) is 10.9 Å². The topological polar surface area (TPSA) is 90.7 Å². The number of carbonyl (C=O) groups is 1. The summed E-state index contributed by atoms with van der Waals surface area (Å²) in [5, 5.41) is 10.7. The molecule has 1 aliphatic rings. The molecule has 1 atom stereocenters. The predicted molar refractivity (Wildman–Crippen MR) is 145 cm³/mol. The summed E-state index contributed by atoms with van der Waals surface area (Å²) < 4.78 is 48.7. The molecule has 0 radical (unpaired) electrons.